The molecule has 3 nitrogen and oxygen atoms in total. The van der Waals surface area contributed by atoms with Gasteiger partial charge < -0.3 is 14.5 Å². The van der Waals surface area contributed by atoms with Crippen LogP contribution in [0.3, 0.4) is 0 Å². The Balaban J connectivity index is 2.42. The molecule has 2 aromatic rings. The molecule has 1 N–H and O–H groups in total. The minimum absolute atomic E-state index is 0.0425. The van der Waals surface area contributed by atoms with Gasteiger partial charge in [-0.1, -0.05) is 18.2 Å². The molecule has 0 saturated carbocycles. The van der Waals surface area contributed by atoms with Crippen LogP contribution in [-0.4, -0.2) is 13.7 Å². The summed E-state index contributed by atoms with van der Waals surface area (Å²) in [5.41, 5.74) is 2.16. The Morgan fingerprint density at radius 2 is 2.06 bits per heavy atom. The summed E-state index contributed by atoms with van der Waals surface area (Å²) in [6, 6.07) is 10.0. The SMILES string of the molecule is CCOc1ccccc1C(NC)c1ccoc1Br. The second-order valence-electron chi connectivity index (χ2n) is 3.84. The molecule has 1 aromatic heterocycles. The monoisotopic (exact) mass is 309 g/mol. The van der Waals surface area contributed by atoms with Crippen molar-refractivity contribution in [3.05, 3.63) is 52.4 Å². The summed E-state index contributed by atoms with van der Waals surface area (Å²) in [6.07, 6.45) is 1.67. The fourth-order valence-corrected chi connectivity index (χ4v) is 2.46. The summed E-state index contributed by atoms with van der Waals surface area (Å²) < 4.78 is 11.7. The van der Waals surface area contributed by atoms with Crippen LogP contribution < -0.4 is 10.1 Å². The van der Waals surface area contributed by atoms with Gasteiger partial charge in [-0.25, -0.2) is 0 Å². The molecule has 0 saturated heterocycles. The lowest BCUT2D eigenvalue weighted by Gasteiger charge is -2.19. The summed E-state index contributed by atoms with van der Waals surface area (Å²) >= 11 is 3.42. The molecule has 1 unspecified atom stereocenters. The zero-order chi connectivity index (χ0) is 13.0. The van der Waals surface area contributed by atoms with Crippen LogP contribution >= 0.6 is 15.9 Å². The molecule has 0 aliphatic heterocycles. The smallest absolute Gasteiger partial charge is 0.174 e. The Morgan fingerprint density at radius 3 is 2.67 bits per heavy atom. The van der Waals surface area contributed by atoms with Gasteiger partial charge in [-0.2, -0.15) is 0 Å². The first-order chi connectivity index (χ1) is 8.77. The molecule has 1 heterocycles. The van der Waals surface area contributed by atoms with Gasteiger partial charge in [0.2, 0.25) is 0 Å². The number of para-hydroxylation sites is 1. The topological polar surface area (TPSA) is 34.4 Å². The number of benzene rings is 1. The molecule has 1 atom stereocenters. The van der Waals surface area contributed by atoms with Gasteiger partial charge in [-0.3, -0.25) is 0 Å². The van der Waals surface area contributed by atoms with Crippen LogP contribution in [0.5, 0.6) is 5.75 Å². The van der Waals surface area contributed by atoms with E-state index in [1.54, 1.807) is 6.26 Å². The van der Waals surface area contributed by atoms with Crippen molar-refractivity contribution >= 4 is 15.9 Å². The molecule has 0 radical (unpaired) electrons. The zero-order valence-corrected chi connectivity index (χ0v) is 12.0. The first-order valence-electron chi connectivity index (χ1n) is 5.89. The maximum absolute atomic E-state index is 5.67. The van der Waals surface area contributed by atoms with Crippen molar-refractivity contribution in [3.8, 4) is 5.75 Å². The third-order valence-electron chi connectivity index (χ3n) is 2.78. The van der Waals surface area contributed by atoms with Crippen molar-refractivity contribution < 1.29 is 9.15 Å². The van der Waals surface area contributed by atoms with E-state index in [-0.39, 0.29) is 6.04 Å². The predicted octanol–water partition coefficient (Wildman–Crippen LogP) is 3.75. The lowest BCUT2D eigenvalue weighted by Crippen LogP contribution is -2.18. The average molecular weight is 310 g/mol. The van der Waals surface area contributed by atoms with Crippen LogP contribution in [0.15, 0.2) is 45.7 Å². The highest BCUT2D eigenvalue weighted by molar-refractivity contribution is 9.10. The van der Waals surface area contributed by atoms with Gasteiger partial charge in [0.05, 0.1) is 18.9 Å². The molecule has 18 heavy (non-hydrogen) atoms. The summed E-state index contributed by atoms with van der Waals surface area (Å²) in [6.45, 7) is 2.64. The van der Waals surface area contributed by atoms with E-state index in [2.05, 4.69) is 27.3 Å². The molecular weight excluding hydrogens is 294 g/mol. The van der Waals surface area contributed by atoms with E-state index in [0.717, 1.165) is 21.5 Å². The Kier molecular flexibility index (Phi) is 4.44. The molecule has 0 fully saturated rings. The van der Waals surface area contributed by atoms with Crippen LogP contribution in [0.2, 0.25) is 0 Å². The molecule has 1 aromatic carbocycles. The summed E-state index contributed by atoms with van der Waals surface area (Å²) in [4.78, 5) is 0. The first-order valence-corrected chi connectivity index (χ1v) is 6.69. The number of halogens is 1. The fourth-order valence-electron chi connectivity index (χ4n) is 1.99. The summed E-state index contributed by atoms with van der Waals surface area (Å²) in [5.74, 6) is 0.896. The molecular formula is C14H16BrNO2. The van der Waals surface area contributed by atoms with Gasteiger partial charge in [-0.15, -0.1) is 0 Å². The molecule has 0 spiro atoms. The standard InChI is InChI=1S/C14H16BrNO2/c1-3-17-12-7-5-4-6-10(12)13(16-2)11-8-9-18-14(11)15/h4-9,13,16H,3H2,1-2H3. The van der Waals surface area contributed by atoms with E-state index >= 15 is 0 Å². The third-order valence-corrected chi connectivity index (χ3v) is 3.42. The van der Waals surface area contributed by atoms with Gasteiger partial charge in [-0.05, 0) is 42.0 Å². The van der Waals surface area contributed by atoms with Crippen molar-refractivity contribution in [2.45, 2.75) is 13.0 Å². The number of ether oxygens (including phenoxy) is 1. The lowest BCUT2D eigenvalue weighted by atomic mass is 10.0. The van der Waals surface area contributed by atoms with Crippen LogP contribution in [0, 0.1) is 0 Å². The Hall–Kier alpha value is -1.26. The fraction of sp³-hybridized carbons (Fsp3) is 0.286. The van der Waals surface area contributed by atoms with Gasteiger partial charge in [0.1, 0.15) is 5.75 Å². The van der Waals surface area contributed by atoms with E-state index in [1.165, 1.54) is 0 Å². The van der Waals surface area contributed by atoms with Crippen molar-refractivity contribution in [1.29, 1.82) is 0 Å². The highest BCUT2D eigenvalue weighted by Gasteiger charge is 2.20. The van der Waals surface area contributed by atoms with Crippen molar-refractivity contribution in [3.63, 3.8) is 0 Å². The molecule has 0 aliphatic carbocycles. The quantitative estimate of drug-likeness (QED) is 0.913. The largest absolute Gasteiger partial charge is 0.494 e. The highest BCUT2D eigenvalue weighted by Crippen LogP contribution is 2.33. The molecule has 0 bridgehead atoms. The second-order valence-corrected chi connectivity index (χ2v) is 4.56. The lowest BCUT2D eigenvalue weighted by molar-refractivity contribution is 0.334. The summed E-state index contributed by atoms with van der Waals surface area (Å²) in [7, 11) is 1.92. The van der Waals surface area contributed by atoms with Crippen LogP contribution in [0.25, 0.3) is 0 Å². The van der Waals surface area contributed by atoms with Crippen LogP contribution in [0.4, 0.5) is 0 Å². The third kappa shape index (κ3) is 2.60. The molecule has 4 heteroatoms. The normalized spacial score (nSPS) is 12.4. The van der Waals surface area contributed by atoms with Crippen LogP contribution in [0.1, 0.15) is 24.1 Å². The van der Waals surface area contributed by atoms with E-state index < -0.39 is 0 Å². The summed E-state index contributed by atoms with van der Waals surface area (Å²) in [5, 5.41) is 3.29. The molecule has 96 valence electrons. The second kappa shape index (κ2) is 6.07. The number of nitrogens with one attached hydrogen (secondary N) is 1. The highest BCUT2D eigenvalue weighted by atomic mass is 79.9. The number of rotatable bonds is 5. The maximum Gasteiger partial charge on any atom is 0.174 e. The Bertz CT molecular complexity index is 510. The average Bonchev–Trinajstić information content (AvgIpc) is 2.79. The van der Waals surface area contributed by atoms with E-state index in [9.17, 15) is 0 Å². The molecule has 0 amide bonds. The predicted molar refractivity (Wildman–Crippen MR) is 74.9 cm³/mol. The Morgan fingerprint density at radius 1 is 1.28 bits per heavy atom. The Labute approximate surface area is 115 Å². The number of hydrogen-bond donors (Lipinski definition) is 1. The van der Waals surface area contributed by atoms with Crippen LogP contribution in [-0.2, 0) is 0 Å². The van der Waals surface area contributed by atoms with E-state index in [0.29, 0.717) is 6.61 Å². The zero-order valence-electron chi connectivity index (χ0n) is 10.4. The van der Waals surface area contributed by atoms with E-state index in [4.69, 9.17) is 9.15 Å². The maximum atomic E-state index is 5.67. The van der Waals surface area contributed by atoms with Gasteiger partial charge in [0.25, 0.3) is 0 Å². The molecule has 0 aliphatic rings. The van der Waals surface area contributed by atoms with E-state index in [1.807, 2.05) is 38.2 Å². The van der Waals surface area contributed by atoms with Gasteiger partial charge in [0, 0.05) is 11.1 Å². The number of furan rings is 1. The van der Waals surface area contributed by atoms with Crippen molar-refractivity contribution in [2.75, 3.05) is 13.7 Å². The van der Waals surface area contributed by atoms with Gasteiger partial charge in [0.15, 0.2) is 4.67 Å². The molecule has 2 rings (SSSR count). The van der Waals surface area contributed by atoms with Crippen molar-refractivity contribution in [1.82, 2.24) is 5.32 Å². The minimum Gasteiger partial charge on any atom is -0.494 e. The number of hydrogen-bond acceptors (Lipinski definition) is 3. The van der Waals surface area contributed by atoms with Gasteiger partial charge >= 0.3 is 0 Å². The first kappa shape index (κ1) is 13.2. The van der Waals surface area contributed by atoms with Crippen molar-refractivity contribution in [2.24, 2.45) is 0 Å². The minimum atomic E-state index is 0.0425.